The highest BCUT2D eigenvalue weighted by atomic mass is 79.9. The Bertz CT molecular complexity index is 498. The van der Waals surface area contributed by atoms with Crippen LogP contribution in [0.25, 0.3) is 0 Å². The molecule has 0 amide bonds. The largest absolute Gasteiger partial charge is 0.305 e. The predicted octanol–water partition coefficient (Wildman–Crippen LogP) is 4.50. The van der Waals surface area contributed by atoms with Gasteiger partial charge in [-0.3, -0.25) is 0 Å². The first kappa shape index (κ1) is 12.7. The topological polar surface area (TPSA) is 12.0 Å². The van der Waals surface area contributed by atoms with E-state index in [0.29, 0.717) is 0 Å². The number of thiophene rings is 1. The van der Waals surface area contributed by atoms with E-state index < -0.39 is 0 Å². The van der Waals surface area contributed by atoms with Crippen LogP contribution in [-0.4, -0.2) is 0 Å². The Labute approximate surface area is 113 Å². The van der Waals surface area contributed by atoms with Crippen LogP contribution in [0.1, 0.15) is 23.4 Å². The molecule has 0 spiro atoms. The van der Waals surface area contributed by atoms with E-state index >= 15 is 0 Å². The van der Waals surface area contributed by atoms with Gasteiger partial charge < -0.3 is 5.32 Å². The molecule has 90 valence electrons. The van der Waals surface area contributed by atoms with Gasteiger partial charge in [-0.25, -0.2) is 4.39 Å². The lowest BCUT2D eigenvalue weighted by atomic mass is 10.1. The molecule has 0 saturated carbocycles. The van der Waals surface area contributed by atoms with E-state index in [9.17, 15) is 4.39 Å². The second kappa shape index (κ2) is 5.76. The van der Waals surface area contributed by atoms with E-state index in [2.05, 4.69) is 27.3 Å². The normalized spacial score (nSPS) is 12.6. The molecule has 0 fully saturated rings. The number of hydrogen-bond donors (Lipinski definition) is 1. The van der Waals surface area contributed by atoms with Crippen LogP contribution in [-0.2, 0) is 6.54 Å². The van der Waals surface area contributed by atoms with Crippen LogP contribution in [0, 0.1) is 5.82 Å². The Morgan fingerprint density at radius 1 is 1.35 bits per heavy atom. The smallest absolute Gasteiger partial charge is 0.123 e. The third-order valence-corrected chi connectivity index (χ3v) is 4.18. The molecule has 4 heteroatoms. The minimum Gasteiger partial charge on any atom is -0.305 e. The zero-order valence-corrected chi connectivity index (χ0v) is 11.8. The molecule has 1 heterocycles. The van der Waals surface area contributed by atoms with E-state index in [1.54, 1.807) is 23.5 Å². The highest BCUT2D eigenvalue weighted by molar-refractivity contribution is 9.11. The second-order valence-electron chi connectivity index (χ2n) is 3.86. The maximum absolute atomic E-state index is 13.1. The second-order valence-corrected chi connectivity index (χ2v) is 6.41. The van der Waals surface area contributed by atoms with Crippen LogP contribution in [0.15, 0.2) is 40.2 Å². The van der Waals surface area contributed by atoms with Crippen molar-refractivity contribution >= 4 is 27.3 Å². The van der Waals surface area contributed by atoms with Crippen LogP contribution >= 0.6 is 27.3 Å². The Morgan fingerprint density at radius 3 is 2.82 bits per heavy atom. The van der Waals surface area contributed by atoms with Crippen molar-refractivity contribution in [2.45, 2.75) is 19.5 Å². The Morgan fingerprint density at radius 2 is 2.18 bits per heavy atom. The number of nitrogens with one attached hydrogen (secondary N) is 1. The highest BCUT2D eigenvalue weighted by Crippen LogP contribution is 2.22. The Kier molecular flexibility index (Phi) is 4.31. The molecule has 1 nitrogen and oxygen atoms in total. The average Bonchev–Trinajstić information content (AvgIpc) is 2.72. The van der Waals surface area contributed by atoms with Crippen molar-refractivity contribution in [3.8, 4) is 0 Å². The average molecular weight is 314 g/mol. The molecule has 1 N–H and O–H groups in total. The highest BCUT2D eigenvalue weighted by Gasteiger charge is 2.06. The Hall–Kier alpha value is -0.710. The van der Waals surface area contributed by atoms with Crippen molar-refractivity contribution in [1.29, 1.82) is 0 Å². The van der Waals surface area contributed by atoms with Crippen molar-refractivity contribution in [1.82, 2.24) is 5.32 Å². The van der Waals surface area contributed by atoms with E-state index in [1.807, 2.05) is 19.1 Å². The van der Waals surface area contributed by atoms with Crippen molar-refractivity contribution in [3.63, 3.8) is 0 Å². The molecule has 0 saturated heterocycles. The van der Waals surface area contributed by atoms with Crippen LogP contribution in [0.3, 0.4) is 0 Å². The minimum absolute atomic E-state index is 0.145. The Balaban J connectivity index is 1.95. The lowest BCUT2D eigenvalue weighted by Gasteiger charge is -2.13. The minimum atomic E-state index is -0.185. The van der Waals surface area contributed by atoms with Gasteiger partial charge in [0.1, 0.15) is 5.82 Å². The molecule has 0 aliphatic carbocycles. The van der Waals surface area contributed by atoms with Gasteiger partial charge in [0.05, 0.1) is 3.79 Å². The van der Waals surface area contributed by atoms with Crippen molar-refractivity contribution in [2.75, 3.05) is 0 Å². The van der Waals surface area contributed by atoms with Gasteiger partial charge in [0, 0.05) is 17.5 Å². The molecular formula is C13H13BrFNS. The van der Waals surface area contributed by atoms with Crippen LogP contribution in [0.5, 0.6) is 0 Å². The molecule has 2 aromatic rings. The molecule has 0 radical (unpaired) electrons. The maximum atomic E-state index is 13.1. The van der Waals surface area contributed by atoms with Gasteiger partial charge in [-0.1, -0.05) is 12.1 Å². The summed E-state index contributed by atoms with van der Waals surface area (Å²) in [4.78, 5) is 1.26. The molecule has 1 aromatic carbocycles. The lowest BCUT2D eigenvalue weighted by Crippen LogP contribution is -2.17. The van der Waals surface area contributed by atoms with Crippen LogP contribution in [0.2, 0.25) is 0 Å². The first-order valence-corrected chi connectivity index (χ1v) is 6.99. The molecular weight excluding hydrogens is 301 g/mol. The summed E-state index contributed by atoms with van der Waals surface area (Å²) in [5, 5.41) is 3.38. The monoisotopic (exact) mass is 313 g/mol. The van der Waals surface area contributed by atoms with E-state index in [1.165, 1.54) is 10.9 Å². The fourth-order valence-electron chi connectivity index (χ4n) is 1.59. The van der Waals surface area contributed by atoms with Crippen LogP contribution in [0.4, 0.5) is 4.39 Å². The summed E-state index contributed by atoms with van der Waals surface area (Å²) in [7, 11) is 0. The summed E-state index contributed by atoms with van der Waals surface area (Å²) < 4.78 is 14.2. The molecule has 1 atom stereocenters. The van der Waals surface area contributed by atoms with Gasteiger partial charge in [-0.05, 0) is 52.7 Å². The van der Waals surface area contributed by atoms with Gasteiger partial charge in [0.25, 0.3) is 0 Å². The summed E-state index contributed by atoms with van der Waals surface area (Å²) in [6.45, 7) is 2.84. The van der Waals surface area contributed by atoms with Gasteiger partial charge in [-0.15, -0.1) is 11.3 Å². The fourth-order valence-corrected chi connectivity index (χ4v) is 3.03. The van der Waals surface area contributed by atoms with Gasteiger partial charge in [0.2, 0.25) is 0 Å². The number of rotatable bonds is 4. The number of halogens is 2. The van der Waals surface area contributed by atoms with Gasteiger partial charge in [0.15, 0.2) is 0 Å². The maximum Gasteiger partial charge on any atom is 0.123 e. The van der Waals surface area contributed by atoms with E-state index in [4.69, 9.17) is 0 Å². The molecule has 1 aromatic heterocycles. The zero-order valence-electron chi connectivity index (χ0n) is 9.41. The van der Waals surface area contributed by atoms with Crippen molar-refractivity contribution < 1.29 is 4.39 Å². The third kappa shape index (κ3) is 3.63. The lowest BCUT2D eigenvalue weighted by molar-refractivity contribution is 0.568. The zero-order chi connectivity index (χ0) is 12.3. The van der Waals surface area contributed by atoms with Crippen molar-refractivity contribution in [3.05, 3.63) is 56.4 Å². The fraction of sp³-hybridized carbons (Fsp3) is 0.231. The molecule has 0 bridgehead atoms. The predicted molar refractivity (Wildman–Crippen MR) is 73.7 cm³/mol. The summed E-state index contributed by atoms with van der Waals surface area (Å²) in [5.41, 5.74) is 0.973. The summed E-state index contributed by atoms with van der Waals surface area (Å²) in [6, 6.07) is 11.0. The molecule has 17 heavy (non-hydrogen) atoms. The van der Waals surface area contributed by atoms with Crippen molar-refractivity contribution in [2.24, 2.45) is 0 Å². The van der Waals surface area contributed by atoms with E-state index in [-0.39, 0.29) is 11.9 Å². The molecule has 0 aliphatic heterocycles. The third-order valence-electron chi connectivity index (χ3n) is 2.56. The number of hydrogen-bond acceptors (Lipinski definition) is 2. The summed E-state index contributed by atoms with van der Waals surface area (Å²) in [5.74, 6) is -0.185. The first-order valence-electron chi connectivity index (χ1n) is 5.38. The number of benzene rings is 1. The van der Waals surface area contributed by atoms with Crippen LogP contribution < -0.4 is 5.32 Å². The summed E-state index contributed by atoms with van der Waals surface area (Å²) in [6.07, 6.45) is 0. The molecule has 0 unspecified atom stereocenters. The summed E-state index contributed by atoms with van der Waals surface area (Å²) >= 11 is 5.14. The molecule has 2 rings (SSSR count). The van der Waals surface area contributed by atoms with Gasteiger partial charge >= 0.3 is 0 Å². The van der Waals surface area contributed by atoms with Gasteiger partial charge in [-0.2, -0.15) is 0 Å². The van der Waals surface area contributed by atoms with E-state index in [0.717, 1.165) is 15.9 Å². The SMILES string of the molecule is C[C@H](NCc1ccc(Br)s1)c1cccc(F)c1. The first-order chi connectivity index (χ1) is 8.15. The quantitative estimate of drug-likeness (QED) is 0.876. The standard InChI is InChI=1S/C13H13BrFNS/c1-9(10-3-2-4-11(15)7-10)16-8-12-5-6-13(14)17-12/h2-7,9,16H,8H2,1H3/t9-/m0/s1. The molecule has 0 aliphatic rings.